The smallest absolute Gasteiger partial charge is 0.253 e. The van der Waals surface area contributed by atoms with Gasteiger partial charge in [-0.05, 0) is 43.5 Å². The summed E-state index contributed by atoms with van der Waals surface area (Å²) in [6.45, 7) is 2.98. The van der Waals surface area contributed by atoms with Crippen molar-refractivity contribution in [2.24, 2.45) is 16.8 Å². The van der Waals surface area contributed by atoms with Gasteiger partial charge in [-0.15, -0.1) is 0 Å². The summed E-state index contributed by atoms with van der Waals surface area (Å²) >= 11 is 0. The molecule has 39 heavy (non-hydrogen) atoms. The van der Waals surface area contributed by atoms with Gasteiger partial charge in [0.15, 0.2) is 11.6 Å². The third kappa shape index (κ3) is 6.48. The van der Waals surface area contributed by atoms with Crippen molar-refractivity contribution in [3.63, 3.8) is 0 Å². The van der Waals surface area contributed by atoms with Crippen LogP contribution in [0.4, 0.5) is 8.78 Å². The zero-order valence-electron chi connectivity index (χ0n) is 22.2. The number of hydrogen-bond donors (Lipinski definition) is 2. The van der Waals surface area contributed by atoms with E-state index in [9.17, 15) is 23.2 Å². The molecule has 3 atom stereocenters. The predicted molar refractivity (Wildman–Crippen MR) is 140 cm³/mol. The van der Waals surface area contributed by atoms with Gasteiger partial charge in [0.05, 0.1) is 30.5 Å². The highest BCUT2D eigenvalue weighted by Crippen LogP contribution is 2.31. The highest BCUT2D eigenvalue weighted by atomic mass is 19.2. The number of carbonyl (C=O) groups is 3. The molecule has 2 aliphatic rings. The average molecular weight is 542 g/mol. The third-order valence-corrected chi connectivity index (χ3v) is 6.91. The number of nitrogens with zero attached hydrogens (tertiary/aromatic N) is 3. The maximum absolute atomic E-state index is 14.0. The van der Waals surface area contributed by atoms with Crippen molar-refractivity contribution < 1.29 is 27.9 Å². The number of ether oxygens (including phenoxy) is 1. The van der Waals surface area contributed by atoms with Gasteiger partial charge in [-0.2, -0.15) is 5.10 Å². The number of piperidine rings is 1. The lowest BCUT2D eigenvalue weighted by atomic mass is 9.83. The number of amides is 3. The maximum atomic E-state index is 14.0. The van der Waals surface area contributed by atoms with E-state index in [-0.39, 0.29) is 19.1 Å². The number of hydrogen-bond acceptors (Lipinski definition) is 6. The summed E-state index contributed by atoms with van der Waals surface area (Å²) in [5.41, 5.74) is 6.74. The molecule has 0 unspecified atom stereocenters. The molecule has 4 rings (SSSR count). The van der Waals surface area contributed by atoms with Crippen LogP contribution in [0.3, 0.4) is 0 Å². The number of fused-ring (bicyclic) bond motifs is 1. The monoisotopic (exact) mass is 541 g/mol. The Hall–Kier alpha value is -3.70. The third-order valence-electron chi connectivity index (χ3n) is 6.91. The summed E-state index contributed by atoms with van der Waals surface area (Å²) in [6.07, 6.45) is 0.825. The van der Waals surface area contributed by atoms with Crippen molar-refractivity contribution in [1.82, 2.24) is 15.2 Å². The molecule has 3 amide bonds. The Balaban J connectivity index is 1.58. The number of rotatable bonds is 9. The van der Waals surface area contributed by atoms with Crippen LogP contribution in [-0.4, -0.2) is 71.2 Å². The molecule has 0 aromatic heterocycles. The van der Waals surface area contributed by atoms with E-state index in [2.05, 4.69) is 10.4 Å². The first-order valence-electron chi connectivity index (χ1n) is 12.8. The Morgan fingerprint density at radius 2 is 1.87 bits per heavy atom. The van der Waals surface area contributed by atoms with E-state index in [1.807, 2.05) is 30.3 Å². The number of halogens is 2. The number of hydrazone groups is 1. The summed E-state index contributed by atoms with van der Waals surface area (Å²) in [5.74, 6) is -3.77. The minimum Gasteiger partial charge on any atom is -0.374 e. The highest BCUT2D eigenvalue weighted by molar-refractivity contribution is 6.10. The molecule has 11 heteroatoms. The first-order chi connectivity index (χ1) is 18.5. The van der Waals surface area contributed by atoms with E-state index in [1.54, 1.807) is 11.9 Å². The topological polar surface area (TPSA) is 117 Å². The Morgan fingerprint density at radius 3 is 2.54 bits per heavy atom. The summed E-state index contributed by atoms with van der Waals surface area (Å²) in [4.78, 5) is 41.5. The fourth-order valence-electron chi connectivity index (χ4n) is 4.82. The van der Waals surface area contributed by atoms with E-state index >= 15 is 0 Å². The molecule has 0 spiro atoms. The fourth-order valence-corrected chi connectivity index (χ4v) is 4.82. The van der Waals surface area contributed by atoms with Crippen molar-refractivity contribution in [3.8, 4) is 0 Å². The Kier molecular flexibility index (Phi) is 8.41. The van der Waals surface area contributed by atoms with Gasteiger partial charge in [-0.3, -0.25) is 14.4 Å². The van der Waals surface area contributed by atoms with Crippen LogP contribution in [0.15, 0.2) is 53.6 Å². The predicted octanol–water partition coefficient (Wildman–Crippen LogP) is 1.99. The zero-order chi connectivity index (χ0) is 28.3. The van der Waals surface area contributed by atoms with Gasteiger partial charge >= 0.3 is 0 Å². The van der Waals surface area contributed by atoms with Crippen LogP contribution in [0.25, 0.3) is 0 Å². The van der Waals surface area contributed by atoms with Crippen LogP contribution in [0, 0.1) is 17.6 Å². The van der Waals surface area contributed by atoms with Crippen LogP contribution in [0.2, 0.25) is 0 Å². The number of nitrogens with one attached hydrogen (secondary N) is 1. The van der Waals surface area contributed by atoms with Crippen LogP contribution in [0.5, 0.6) is 0 Å². The highest BCUT2D eigenvalue weighted by Gasteiger charge is 2.48. The van der Waals surface area contributed by atoms with E-state index in [0.717, 1.165) is 23.4 Å². The molecule has 2 aromatic carbocycles. The molecule has 0 aliphatic carbocycles. The van der Waals surface area contributed by atoms with Gasteiger partial charge < -0.3 is 20.7 Å². The molecule has 208 valence electrons. The SMILES string of the molecule is CN1N=C2CCN(C(=O)[C@@H](COCc3ccc(F)c(F)c3)NC(=O)C(C)(C)N)[C@H](Cc3ccccc3)[C@@H]2C1=O. The number of nitrogens with two attached hydrogens (primary N) is 1. The first-order valence-corrected chi connectivity index (χ1v) is 12.8. The second-order valence-corrected chi connectivity index (χ2v) is 10.5. The molecule has 2 aliphatic heterocycles. The maximum Gasteiger partial charge on any atom is 0.253 e. The van der Waals surface area contributed by atoms with Gasteiger partial charge in [-0.1, -0.05) is 36.4 Å². The molecule has 0 saturated carbocycles. The van der Waals surface area contributed by atoms with E-state index < -0.39 is 47.0 Å². The Morgan fingerprint density at radius 1 is 1.15 bits per heavy atom. The standard InChI is InChI=1S/C28H33F2N5O4/c1-28(2,31)27(38)32-22(16-39-15-18-9-10-19(29)20(30)13-18)25(36)35-12-11-21-24(26(37)34(3)33-21)23(35)14-17-7-5-4-6-8-17/h4-10,13,22-24H,11-12,14-16,31H2,1-3H3,(H,32,38)/t22-,23-,24-/m1/s1. The van der Waals surface area contributed by atoms with E-state index in [4.69, 9.17) is 10.5 Å². The van der Waals surface area contributed by atoms with Crippen molar-refractivity contribution >= 4 is 23.4 Å². The second-order valence-electron chi connectivity index (χ2n) is 10.5. The van der Waals surface area contributed by atoms with Gasteiger partial charge in [0.25, 0.3) is 5.91 Å². The molecule has 0 radical (unpaired) electrons. The zero-order valence-corrected chi connectivity index (χ0v) is 22.2. The minimum absolute atomic E-state index is 0.112. The number of likely N-dealkylation sites (tertiary alicyclic amines) is 1. The number of benzene rings is 2. The summed E-state index contributed by atoms with van der Waals surface area (Å²) in [7, 11) is 1.60. The van der Waals surface area contributed by atoms with Crippen molar-refractivity contribution in [3.05, 3.63) is 71.3 Å². The Bertz CT molecular complexity index is 1260. The Labute approximate surface area is 226 Å². The molecule has 0 bridgehead atoms. The van der Waals surface area contributed by atoms with Gasteiger partial charge in [-0.25, -0.2) is 13.8 Å². The minimum atomic E-state index is -1.27. The van der Waals surface area contributed by atoms with Gasteiger partial charge in [0, 0.05) is 20.0 Å². The number of carbonyl (C=O) groups excluding carboxylic acids is 3. The quantitative estimate of drug-likeness (QED) is 0.504. The van der Waals surface area contributed by atoms with Gasteiger partial charge in [0.1, 0.15) is 12.0 Å². The van der Waals surface area contributed by atoms with Crippen LogP contribution in [-0.2, 0) is 32.1 Å². The lowest BCUT2D eigenvalue weighted by molar-refractivity contribution is -0.144. The molecule has 2 heterocycles. The van der Waals surface area contributed by atoms with E-state index in [0.29, 0.717) is 24.9 Å². The molecular weight excluding hydrogens is 508 g/mol. The molecular formula is C28H33F2N5O4. The molecule has 1 fully saturated rings. The van der Waals surface area contributed by atoms with Crippen LogP contribution in [0.1, 0.15) is 31.4 Å². The molecule has 2 aromatic rings. The molecule has 9 nitrogen and oxygen atoms in total. The van der Waals surface area contributed by atoms with E-state index in [1.165, 1.54) is 24.9 Å². The van der Waals surface area contributed by atoms with Crippen LogP contribution >= 0.6 is 0 Å². The second kappa shape index (κ2) is 11.6. The molecule has 3 N–H and O–H groups in total. The summed E-state index contributed by atoms with van der Waals surface area (Å²) in [6, 6.07) is 11.2. The first kappa shape index (κ1) is 28.3. The average Bonchev–Trinajstić information content (AvgIpc) is 3.18. The molecule has 1 saturated heterocycles. The lowest BCUT2D eigenvalue weighted by Crippen LogP contribution is -2.62. The van der Waals surface area contributed by atoms with Gasteiger partial charge in [0.2, 0.25) is 11.8 Å². The summed E-state index contributed by atoms with van der Waals surface area (Å²) < 4.78 is 32.6. The van der Waals surface area contributed by atoms with Crippen LogP contribution < -0.4 is 11.1 Å². The largest absolute Gasteiger partial charge is 0.374 e. The fraction of sp³-hybridized carbons (Fsp3) is 0.429. The van der Waals surface area contributed by atoms with Crippen molar-refractivity contribution in [2.45, 2.75) is 50.9 Å². The lowest BCUT2D eigenvalue weighted by Gasteiger charge is -2.41. The summed E-state index contributed by atoms with van der Waals surface area (Å²) in [5, 5.41) is 8.39. The van der Waals surface area contributed by atoms with Crippen molar-refractivity contribution in [1.29, 1.82) is 0 Å². The van der Waals surface area contributed by atoms with Crippen molar-refractivity contribution in [2.75, 3.05) is 20.2 Å². The normalized spacial score (nSPS) is 19.9.